The zero-order valence-electron chi connectivity index (χ0n) is 11.0. The lowest BCUT2D eigenvalue weighted by Gasteiger charge is -2.19. The molecule has 0 aromatic heterocycles. The van der Waals surface area contributed by atoms with Crippen LogP contribution in [0, 0.1) is 5.92 Å². The molecule has 1 heterocycles. The van der Waals surface area contributed by atoms with Gasteiger partial charge in [-0.25, -0.2) is 0 Å². The molecule has 18 heavy (non-hydrogen) atoms. The fourth-order valence-corrected chi connectivity index (χ4v) is 3.09. The van der Waals surface area contributed by atoms with Crippen molar-refractivity contribution in [3.8, 4) is 11.5 Å². The molecule has 1 aromatic rings. The Bertz CT molecular complexity index is 408. The number of methoxy groups -OCH3 is 2. The number of hydrogen-bond acceptors (Lipinski definition) is 3. The van der Waals surface area contributed by atoms with E-state index in [-0.39, 0.29) is 4.83 Å². The maximum atomic E-state index is 5.64. The molecule has 3 unspecified atom stereocenters. The number of halogens is 1. The number of benzene rings is 1. The van der Waals surface area contributed by atoms with Crippen LogP contribution < -0.4 is 9.47 Å². The van der Waals surface area contributed by atoms with E-state index >= 15 is 0 Å². The molecule has 4 heteroatoms. The third-order valence-corrected chi connectivity index (χ3v) is 4.62. The Morgan fingerprint density at radius 3 is 2.67 bits per heavy atom. The third-order valence-electron chi connectivity index (χ3n) is 3.38. The highest BCUT2D eigenvalue weighted by Gasteiger charge is 2.30. The molecule has 3 nitrogen and oxygen atoms in total. The van der Waals surface area contributed by atoms with E-state index in [1.54, 1.807) is 14.2 Å². The van der Waals surface area contributed by atoms with Gasteiger partial charge in [-0.15, -0.1) is 0 Å². The zero-order valence-corrected chi connectivity index (χ0v) is 12.6. The smallest absolute Gasteiger partial charge is 0.123 e. The zero-order chi connectivity index (χ0) is 13.1. The van der Waals surface area contributed by atoms with Crippen LogP contribution in [0.4, 0.5) is 0 Å². The molecule has 0 saturated carbocycles. The molecule has 1 saturated heterocycles. The van der Waals surface area contributed by atoms with Crippen LogP contribution in [0.3, 0.4) is 0 Å². The summed E-state index contributed by atoms with van der Waals surface area (Å²) in [6.07, 6.45) is 1.41. The van der Waals surface area contributed by atoms with Gasteiger partial charge in [0, 0.05) is 16.3 Å². The first-order valence-corrected chi connectivity index (χ1v) is 7.05. The summed E-state index contributed by atoms with van der Waals surface area (Å²) in [5.41, 5.74) is 1.12. The first kappa shape index (κ1) is 13.7. The molecule has 3 atom stereocenters. The molecule has 0 aliphatic carbocycles. The quantitative estimate of drug-likeness (QED) is 0.795. The van der Waals surface area contributed by atoms with Gasteiger partial charge < -0.3 is 14.2 Å². The van der Waals surface area contributed by atoms with Gasteiger partial charge in [0.15, 0.2) is 0 Å². The van der Waals surface area contributed by atoms with Gasteiger partial charge in [-0.05, 0) is 31.5 Å². The van der Waals surface area contributed by atoms with Crippen LogP contribution in [-0.4, -0.2) is 26.9 Å². The number of hydrogen-bond donors (Lipinski definition) is 0. The fraction of sp³-hybridized carbons (Fsp3) is 0.571. The summed E-state index contributed by atoms with van der Waals surface area (Å²) >= 11 is 3.78. The van der Waals surface area contributed by atoms with Gasteiger partial charge in [-0.1, -0.05) is 15.9 Å². The molecular formula is C14H19BrO3. The summed E-state index contributed by atoms with van der Waals surface area (Å²) in [6.45, 7) is 2.90. The molecule has 0 radical (unpaired) electrons. The predicted molar refractivity (Wildman–Crippen MR) is 74.7 cm³/mol. The highest BCUT2D eigenvalue weighted by Crippen LogP contribution is 2.42. The average Bonchev–Trinajstić information content (AvgIpc) is 2.83. The van der Waals surface area contributed by atoms with Crippen molar-refractivity contribution in [3.63, 3.8) is 0 Å². The summed E-state index contributed by atoms with van der Waals surface area (Å²) in [6, 6.07) is 5.89. The molecule has 1 aromatic carbocycles. The van der Waals surface area contributed by atoms with E-state index in [9.17, 15) is 0 Å². The molecule has 0 N–H and O–H groups in total. The van der Waals surface area contributed by atoms with Crippen molar-refractivity contribution < 1.29 is 14.2 Å². The summed E-state index contributed by atoms with van der Waals surface area (Å²) in [5, 5.41) is 0. The van der Waals surface area contributed by atoms with E-state index < -0.39 is 0 Å². The number of ether oxygens (including phenoxy) is 3. The number of rotatable bonds is 4. The van der Waals surface area contributed by atoms with Crippen molar-refractivity contribution >= 4 is 15.9 Å². The average molecular weight is 315 g/mol. The van der Waals surface area contributed by atoms with Gasteiger partial charge in [-0.2, -0.15) is 0 Å². The molecule has 1 aliphatic rings. The van der Waals surface area contributed by atoms with Crippen molar-refractivity contribution in [2.75, 3.05) is 20.8 Å². The minimum absolute atomic E-state index is 0.229. The minimum atomic E-state index is 0.229. The van der Waals surface area contributed by atoms with Gasteiger partial charge in [0.1, 0.15) is 11.5 Å². The summed E-state index contributed by atoms with van der Waals surface area (Å²) < 4.78 is 16.3. The SMILES string of the molecule is COc1ccc(OC)c(C(Br)C2COC(C)C2)c1. The van der Waals surface area contributed by atoms with Crippen LogP contribution in [0.1, 0.15) is 23.7 Å². The lowest BCUT2D eigenvalue weighted by Crippen LogP contribution is -2.09. The third kappa shape index (κ3) is 2.81. The summed E-state index contributed by atoms with van der Waals surface area (Å²) in [7, 11) is 3.37. The summed E-state index contributed by atoms with van der Waals surface area (Å²) in [5.74, 6) is 2.21. The topological polar surface area (TPSA) is 27.7 Å². The minimum Gasteiger partial charge on any atom is -0.497 e. The van der Waals surface area contributed by atoms with E-state index in [0.29, 0.717) is 12.0 Å². The van der Waals surface area contributed by atoms with Gasteiger partial charge in [0.25, 0.3) is 0 Å². The first-order valence-electron chi connectivity index (χ1n) is 6.13. The van der Waals surface area contributed by atoms with E-state index in [0.717, 1.165) is 30.1 Å². The Morgan fingerprint density at radius 2 is 2.11 bits per heavy atom. The van der Waals surface area contributed by atoms with Crippen molar-refractivity contribution in [3.05, 3.63) is 23.8 Å². The molecule has 0 spiro atoms. The Hall–Kier alpha value is -0.740. The van der Waals surface area contributed by atoms with E-state index in [2.05, 4.69) is 22.9 Å². The van der Waals surface area contributed by atoms with Gasteiger partial charge in [0.2, 0.25) is 0 Å². The standard InChI is InChI=1S/C14H19BrO3/c1-9-6-10(8-18-9)14(15)12-7-11(16-2)4-5-13(12)17-3/h4-5,7,9-10,14H,6,8H2,1-3H3. The van der Waals surface area contributed by atoms with Crippen molar-refractivity contribution in [1.29, 1.82) is 0 Å². The maximum absolute atomic E-state index is 5.64. The molecule has 2 rings (SSSR count). The normalized spacial score (nSPS) is 24.9. The van der Waals surface area contributed by atoms with E-state index in [1.165, 1.54) is 0 Å². The Labute approximate surface area is 117 Å². The fourth-order valence-electron chi connectivity index (χ4n) is 2.36. The van der Waals surface area contributed by atoms with Gasteiger partial charge in [0.05, 0.1) is 26.9 Å². The van der Waals surface area contributed by atoms with Crippen molar-refractivity contribution in [2.45, 2.75) is 24.3 Å². The largest absolute Gasteiger partial charge is 0.497 e. The van der Waals surface area contributed by atoms with Crippen LogP contribution in [0.2, 0.25) is 0 Å². The molecule has 0 bridgehead atoms. The highest BCUT2D eigenvalue weighted by molar-refractivity contribution is 9.09. The first-order chi connectivity index (χ1) is 8.65. The second-order valence-corrected chi connectivity index (χ2v) is 5.64. The van der Waals surface area contributed by atoms with Crippen LogP contribution >= 0.6 is 15.9 Å². The second kappa shape index (κ2) is 5.93. The molecule has 1 aliphatic heterocycles. The van der Waals surface area contributed by atoms with E-state index in [1.807, 2.05) is 18.2 Å². The highest BCUT2D eigenvalue weighted by atomic mass is 79.9. The molecule has 0 amide bonds. The van der Waals surface area contributed by atoms with Crippen LogP contribution in [0.25, 0.3) is 0 Å². The van der Waals surface area contributed by atoms with Crippen LogP contribution in [-0.2, 0) is 4.74 Å². The maximum Gasteiger partial charge on any atom is 0.123 e. The van der Waals surface area contributed by atoms with Crippen LogP contribution in [0.15, 0.2) is 18.2 Å². The molecule has 100 valence electrons. The lowest BCUT2D eigenvalue weighted by molar-refractivity contribution is 0.120. The summed E-state index contributed by atoms with van der Waals surface area (Å²) in [4.78, 5) is 0.229. The lowest BCUT2D eigenvalue weighted by atomic mass is 9.96. The number of alkyl halides is 1. The van der Waals surface area contributed by atoms with Gasteiger partial charge >= 0.3 is 0 Å². The van der Waals surface area contributed by atoms with Crippen LogP contribution in [0.5, 0.6) is 11.5 Å². The Morgan fingerprint density at radius 1 is 1.33 bits per heavy atom. The van der Waals surface area contributed by atoms with Crippen molar-refractivity contribution in [1.82, 2.24) is 0 Å². The van der Waals surface area contributed by atoms with Crippen molar-refractivity contribution in [2.24, 2.45) is 5.92 Å². The second-order valence-electron chi connectivity index (χ2n) is 4.65. The molecular weight excluding hydrogens is 296 g/mol. The monoisotopic (exact) mass is 314 g/mol. The Balaban J connectivity index is 2.24. The molecule has 1 fully saturated rings. The predicted octanol–water partition coefficient (Wildman–Crippen LogP) is 3.56. The van der Waals surface area contributed by atoms with E-state index in [4.69, 9.17) is 14.2 Å². The Kier molecular flexibility index (Phi) is 4.51. The van der Waals surface area contributed by atoms with Gasteiger partial charge in [-0.3, -0.25) is 0 Å².